The molecule has 0 saturated heterocycles. The molecule has 6 nitrogen and oxygen atoms in total. The van der Waals surface area contributed by atoms with E-state index >= 15 is 0 Å². The predicted molar refractivity (Wildman–Crippen MR) is 108 cm³/mol. The number of amides is 1. The van der Waals surface area contributed by atoms with Crippen molar-refractivity contribution in [3.8, 4) is 6.07 Å². The second-order valence-corrected chi connectivity index (χ2v) is 7.36. The summed E-state index contributed by atoms with van der Waals surface area (Å²) in [6.07, 6.45) is 0.602. The van der Waals surface area contributed by atoms with Crippen molar-refractivity contribution >= 4 is 39.1 Å². The zero-order chi connectivity index (χ0) is 19.9. The largest absolute Gasteiger partial charge is 0.453 e. The van der Waals surface area contributed by atoms with Gasteiger partial charge in [-0.2, -0.15) is 5.26 Å². The molecule has 1 heterocycles. The van der Waals surface area contributed by atoms with Crippen LogP contribution in [0.5, 0.6) is 0 Å². The fourth-order valence-electron chi connectivity index (χ4n) is 2.63. The number of nitriles is 1. The number of para-hydroxylation sites is 1. The molecule has 0 fully saturated rings. The number of hydrogen-bond donors (Lipinski definition) is 1. The number of rotatable bonds is 7. The number of carbonyl (C=O) groups excluding carboxylic acids is 2. The topological polar surface area (TPSA) is 92.1 Å². The minimum atomic E-state index is -0.916. The van der Waals surface area contributed by atoms with Gasteiger partial charge in [0.25, 0.3) is 5.91 Å². The first-order valence-corrected chi connectivity index (χ1v) is 9.72. The molecular formula is C21H19N3O3S. The van der Waals surface area contributed by atoms with E-state index < -0.39 is 18.0 Å². The van der Waals surface area contributed by atoms with Gasteiger partial charge in [0.1, 0.15) is 0 Å². The molecule has 0 radical (unpaired) electrons. The van der Waals surface area contributed by atoms with Gasteiger partial charge in [-0.25, -0.2) is 4.98 Å². The van der Waals surface area contributed by atoms with Crippen LogP contribution < -0.4 is 5.32 Å². The summed E-state index contributed by atoms with van der Waals surface area (Å²) in [4.78, 5) is 28.7. The monoisotopic (exact) mass is 393 g/mol. The number of thiazole rings is 1. The third-order valence-electron chi connectivity index (χ3n) is 4.05. The SMILES string of the molecule is C[C@H](OC(=O)CCCc1nc2ccccc2s1)C(=O)Nc1cccc(C#N)c1. The first-order chi connectivity index (χ1) is 13.5. The van der Waals surface area contributed by atoms with E-state index in [9.17, 15) is 9.59 Å². The number of hydrogen-bond acceptors (Lipinski definition) is 6. The summed E-state index contributed by atoms with van der Waals surface area (Å²) in [6.45, 7) is 1.52. The van der Waals surface area contributed by atoms with Crippen LogP contribution in [0.2, 0.25) is 0 Å². The standard InChI is InChI=1S/C21H19N3O3S/c1-14(21(26)23-16-7-4-6-15(12-16)13-22)27-20(25)11-5-10-19-24-17-8-2-3-9-18(17)28-19/h2-4,6-9,12,14H,5,10-11H2,1H3,(H,23,26)/t14-/m0/s1. The molecule has 1 aromatic heterocycles. The van der Waals surface area contributed by atoms with Gasteiger partial charge in [-0.1, -0.05) is 18.2 Å². The summed E-state index contributed by atoms with van der Waals surface area (Å²) >= 11 is 1.62. The van der Waals surface area contributed by atoms with Crippen LogP contribution in [0.1, 0.15) is 30.3 Å². The van der Waals surface area contributed by atoms with Crippen LogP contribution in [0, 0.1) is 11.3 Å². The van der Waals surface area contributed by atoms with E-state index in [4.69, 9.17) is 10.00 Å². The molecule has 3 rings (SSSR count). The van der Waals surface area contributed by atoms with Crippen molar-refractivity contribution in [2.45, 2.75) is 32.3 Å². The minimum absolute atomic E-state index is 0.220. The van der Waals surface area contributed by atoms with Gasteiger partial charge in [0.15, 0.2) is 6.10 Å². The number of nitrogens with zero attached hydrogens (tertiary/aromatic N) is 2. The highest BCUT2D eigenvalue weighted by molar-refractivity contribution is 7.18. The molecule has 0 saturated carbocycles. The van der Waals surface area contributed by atoms with E-state index in [1.54, 1.807) is 35.6 Å². The van der Waals surface area contributed by atoms with Crippen molar-refractivity contribution in [3.63, 3.8) is 0 Å². The number of ether oxygens (including phenoxy) is 1. The highest BCUT2D eigenvalue weighted by Gasteiger charge is 2.18. The summed E-state index contributed by atoms with van der Waals surface area (Å²) in [6, 6.07) is 16.5. The second-order valence-electron chi connectivity index (χ2n) is 6.24. The molecule has 0 spiro atoms. The molecule has 1 atom stereocenters. The lowest BCUT2D eigenvalue weighted by Gasteiger charge is -2.13. The Morgan fingerprint density at radius 1 is 1.25 bits per heavy atom. The van der Waals surface area contributed by atoms with E-state index in [1.165, 1.54) is 6.92 Å². The van der Waals surface area contributed by atoms with E-state index in [2.05, 4.69) is 10.3 Å². The minimum Gasteiger partial charge on any atom is -0.453 e. The van der Waals surface area contributed by atoms with Gasteiger partial charge in [0, 0.05) is 12.1 Å². The van der Waals surface area contributed by atoms with Crippen LogP contribution in [-0.2, 0) is 20.7 Å². The van der Waals surface area contributed by atoms with Gasteiger partial charge in [-0.05, 0) is 50.1 Å². The van der Waals surface area contributed by atoms with Crippen molar-refractivity contribution in [1.29, 1.82) is 5.26 Å². The van der Waals surface area contributed by atoms with Crippen molar-refractivity contribution in [2.24, 2.45) is 0 Å². The Balaban J connectivity index is 1.44. The van der Waals surface area contributed by atoms with E-state index in [1.807, 2.05) is 30.3 Å². The molecule has 0 bridgehead atoms. The summed E-state index contributed by atoms with van der Waals surface area (Å²) in [5, 5.41) is 12.5. The van der Waals surface area contributed by atoms with Crippen LogP contribution in [0.3, 0.4) is 0 Å². The Morgan fingerprint density at radius 2 is 2.07 bits per heavy atom. The number of esters is 1. The van der Waals surface area contributed by atoms with Crippen molar-refractivity contribution in [2.75, 3.05) is 5.32 Å². The van der Waals surface area contributed by atoms with Crippen LogP contribution in [0.25, 0.3) is 10.2 Å². The highest BCUT2D eigenvalue weighted by atomic mass is 32.1. The van der Waals surface area contributed by atoms with Gasteiger partial charge in [0.05, 0.1) is 26.9 Å². The fourth-order valence-corrected chi connectivity index (χ4v) is 3.64. The number of nitrogens with one attached hydrogen (secondary N) is 1. The molecule has 0 unspecified atom stereocenters. The smallest absolute Gasteiger partial charge is 0.306 e. The molecule has 1 N–H and O–H groups in total. The lowest BCUT2D eigenvalue weighted by molar-refractivity contribution is -0.153. The average molecular weight is 393 g/mol. The summed E-state index contributed by atoms with van der Waals surface area (Å²) < 4.78 is 6.34. The zero-order valence-corrected chi connectivity index (χ0v) is 16.2. The van der Waals surface area contributed by atoms with Crippen molar-refractivity contribution < 1.29 is 14.3 Å². The van der Waals surface area contributed by atoms with Gasteiger partial charge in [0.2, 0.25) is 0 Å². The lowest BCUT2D eigenvalue weighted by atomic mass is 10.2. The molecule has 3 aromatic rings. The summed E-state index contributed by atoms with van der Waals surface area (Å²) in [7, 11) is 0. The molecule has 7 heteroatoms. The van der Waals surface area contributed by atoms with Gasteiger partial charge < -0.3 is 10.1 Å². The molecule has 28 heavy (non-hydrogen) atoms. The lowest BCUT2D eigenvalue weighted by Crippen LogP contribution is -2.29. The molecule has 0 aliphatic heterocycles. The van der Waals surface area contributed by atoms with Crippen LogP contribution in [0.15, 0.2) is 48.5 Å². The maximum atomic E-state index is 12.2. The predicted octanol–water partition coefficient (Wildman–Crippen LogP) is 4.06. The Hall–Kier alpha value is -3.24. The third kappa shape index (κ3) is 5.15. The number of aromatic nitrogens is 1. The van der Waals surface area contributed by atoms with Crippen molar-refractivity contribution in [1.82, 2.24) is 4.98 Å². The third-order valence-corrected chi connectivity index (χ3v) is 5.14. The van der Waals surface area contributed by atoms with Gasteiger partial charge >= 0.3 is 5.97 Å². The second kappa shape index (κ2) is 9.11. The molecule has 0 aliphatic carbocycles. The molecule has 0 aliphatic rings. The normalized spacial score (nSPS) is 11.6. The number of aryl methyl sites for hydroxylation is 1. The van der Waals surface area contributed by atoms with Crippen LogP contribution in [-0.4, -0.2) is 23.0 Å². The Kier molecular flexibility index (Phi) is 6.35. The van der Waals surface area contributed by atoms with Gasteiger partial charge in [-0.15, -0.1) is 11.3 Å². The first-order valence-electron chi connectivity index (χ1n) is 8.90. The number of anilines is 1. The zero-order valence-electron chi connectivity index (χ0n) is 15.3. The summed E-state index contributed by atoms with van der Waals surface area (Å²) in [5.74, 6) is -0.857. The number of benzene rings is 2. The van der Waals surface area contributed by atoms with E-state index in [-0.39, 0.29) is 6.42 Å². The number of carbonyl (C=O) groups is 2. The maximum absolute atomic E-state index is 12.2. The molecule has 1 amide bonds. The Morgan fingerprint density at radius 3 is 2.86 bits per heavy atom. The van der Waals surface area contributed by atoms with E-state index in [0.717, 1.165) is 15.2 Å². The van der Waals surface area contributed by atoms with Crippen molar-refractivity contribution in [3.05, 3.63) is 59.1 Å². The van der Waals surface area contributed by atoms with Gasteiger partial charge in [-0.3, -0.25) is 9.59 Å². The Bertz CT molecular complexity index is 1010. The first kappa shape index (κ1) is 19.5. The van der Waals surface area contributed by atoms with Crippen LogP contribution in [0.4, 0.5) is 5.69 Å². The maximum Gasteiger partial charge on any atom is 0.306 e. The van der Waals surface area contributed by atoms with Crippen LogP contribution >= 0.6 is 11.3 Å². The van der Waals surface area contributed by atoms with E-state index in [0.29, 0.717) is 24.1 Å². The fraction of sp³-hybridized carbons (Fsp3) is 0.238. The molecular weight excluding hydrogens is 374 g/mol. The molecule has 142 valence electrons. The average Bonchev–Trinajstić information content (AvgIpc) is 3.10. The Labute approximate surface area is 166 Å². The highest BCUT2D eigenvalue weighted by Crippen LogP contribution is 2.22. The molecule has 2 aromatic carbocycles. The number of fused-ring (bicyclic) bond motifs is 1. The summed E-state index contributed by atoms with van der Waals surface area (Å²) in [5.41, 5.74) is 1.90. The quantitative estimate of drug-likeness (QED) is 0.611.